The highest BCUT2D eigenvalue weighted by molar-refractivity contribution is 7.91. The lowest BCUT2D eigenvalue weighted by atomic mass is 10.2. The summed E-state index contributed by atoms with van der Waals surface area (Å²) in [6.07, 6.45) is 2.30. The van der Waals surface area contributed by atoms with Crippen molar-refractivity contribution in [2.24, 2.45) is 0 Å². The van der Waals surface area contributed by atoms with Gasteiger partial charge >= 0.3 is 0 Å². The number of para-hydroxylation sites is 1. The number of hydrogen-bond donors (Lipinski definition) is 1. The van der Waals surface area contributed by atoms with Gasteiger partial charge < -0.3 is 14.6 Å². The van der Waals surface area contributed by atoms with Gasteiger partial charge in [0.1, 0.15) is 12.4 Å². The molecule has 0 atom stereocenters. The largest absolute Gasteiger partial charge is 0.379 e. The number of amides is 1. The maximum absolute atomic E-state index is 13.2. The summed E-state index contributed by atoms with van der Waals surface area (Å²) < 4.78 is 46.5. The number of halogens is 1. The highest BCUT2D eigenvalue weighted by Gasteiger charge is 2.23. The van der Waals surface area contributed by atoms with Gasteiger partial charge in [0, 0.05) is 30.3 Å². The van der Waals surface area contributed by atoms with Crippen LogP contribution in [0.5, 0.6) is 0 Å². The maximum atomic E-state index is 13.2. The first-order valence-corrected chi connectivity index (χ1v) is 11.2. The first-order valence-electron chi connectivity index (χ1n) is 9.76. The van der Waals surface area contributed by atoms with Crippen molar-refractivity contribution in [1.29, 1.82) is 0 Å². The van der Waals surface area contributed by atoms with E-state index in [1.165, 1.54) is 18.3 Å². The quantitative estimate of drug-likeness (QED) is 0.414. The van der Waals surface area contributed by atoms with Crippen LogP contribution < -0.4 is 5.32 Å². The van der Waals surface area contributed by atoms with E-state index in [9.17, 15) is 17.6 Å². The van der Waals surface area contributed by atoms with E-state index in [0.717, 1.165) is 12.1 Å². The summed E-state index contributed by atoms with van der Waals surface area (Å²) in [5, 5.41) is 3.34. The van der Waals surface area contributed by atoms with Crippen LogP contribution in [0, 0.1) is 5.82 Å². The van der Waals surface area contributed by atoms with Gasteiger partial charge in [-0.25, -0.2) is 12.8 Å². The van der Waals surface area contributed by atoms with Crippen LogP contribution in [-0.2, 0) is 25.9 Å². The van der Waals surface area contributed by atoms with E-state index in [-0.39, 0.29) is 28.3 Å². The number of sulfone groups is 1. The second-order valence-electron chi connectivity index (χ2n) is 7.22. The molecule has 0 unspecified atom stereocenters. The first-order chi connectivity index (χ1) is 14.3. The third kappa shape index (κ3) is 5.06. The van der Waals surface area contributed by atoms with Gasteiger partial charge in [0.15, 0.2) is 0 Å². The average Bonchev–Trinajstić information content (AvgIpc) is 3.07. The molecule has 1 heterocycles. The van der Waals surface area contributed by atoms with E-state index >= 15 is 0 Å². The van der Waals surface area contributed by atoms with Crippen LogP contribution in [0.25, 0.3) is 10.9 Å². The number of nitrogens with one attached hydrogen (secondary N) is 1. The Kier molecular flexibility index (Phi) is 6.89. The van der Waals surface area contributed by atoms with Crippen molar-refractivity contribution in [2.75, 3.05) is 13.2 Å². The molecule has 3 rings (SSSR count). The van der Waals surface area contributed by atoms with Gasteiger partial charge in [0.2, 0.25) is 15.7 Å². The minimum atomic E-state index is -3.87. The van der Waals surface area contributed by atoms with Crippen molar-refractivity contribution < 1.29 is 22.3 Å². The molecule has 0 saturated carbocycles. The first kappa shape index (κ1) is 22.0. The molecule has 0 radical (unpaired) electrons. The molecule has 1 aromatic heterocycles. The van der Waals surface area contributed by atoms with Crippen LogP contribution in [0.4, 0.5) is 4.39 Å². The summed E-state index contributed by atoms with van der Waals surface area (Å²) in [6.45, 7) is 4.93. The van der Waals surface area contributed by atoms with Gasteiger partial charge in [-0.1, -0.05) is 18.2 Å². The number of carbonyl (C=O) groups is 1. The number of fused-ring (bicyclic) bond motifs is 1. The Morgan fingerprint density at radius 2 is 1.83 bits per heavy atom. The van der Waals surface area contributed by atoms with Crippen molar-refractivity contribution in [1.82, 2.24) is 9.88 Å². The average molecular weight is 433 g/mol. The normalized spacial score (nSPS) is 11.9. The predicted molar refractivity (Wildman–Crippen MR) is 113 cm³/mol. The third-order valence-electron chi connectivity index (χ3n) is 4.57. The van der Waals surface area contributed by atoms with E-state index in [1.807, 2.05) is 13.8 Å². The number of rotatable bonds is 9. The molecule has 1 N–H and O–H groups in total. The van der Waals surface area contributed by atoms with Crippen LogP contribution >= 0.6 is 0 Å². The van der Waals surface area contributed by atoms with Crippen molar-refractivity contribution >= 4 is 26.6 Å². The molecule has 6 nitrogen and oxygen atoms in total. The summed E-state index contributed by atoms with van der Waals surface area (Å²) >= 11 is 0. The predicted octanol–water partition coefficient (Wildman–Crippen LogP) is 3.54. The van der Waals surface area contributed by atoms with Gasteiger partial charge in [-0.3, -0.25) is 4.79 Å². The summed E-state index contributed by atoms with van der Waals surface area (Å²) in [4.78, 5) is 12.4. The Bertz CT molecular complexity index is 1120. The Hall–Kier alpha value is -2.71. The SMILES string of the molecule is CC(C)OCCCNC(=O)Cn1cc(S(=O)(=O)c2ccc(F)cc2)c2ccccc21. The Balaban J connectivity index is 1.81. The molecule has 8 heteroatoms. The number of carbonyl (C=O) groups excluding carboxylic acids is 1. The number of benzene rings is 2. The van der Waals surface area contributed by atoms with Crippen LogP contribution in [0.2, 0.25) is 0 Å². The molecule has 0 fully saturated rings. The molecule has 0 aliphatic rings. The lowest BCUT2D eigenvalue weighted by Crippen LogP contribution is -2.29. The highest BCUT2D eigenvalue weighted by atomic mass is 32.2. The van der Waals surface area contributed by atoms with Gasteiger partial charge in [-0.05, 0) is 50.6 Å². The number of hydrogen-bond acceptors (Lipinski definition) is 4. The van der Waals surface area contributed by atoms with Gasteiger partial charge in [0.05, 0.1) is 15.9 Å². The van der Waals surface area contributed by atoms with E-state index in [4.69, 9.17) is 4.74 Å². The molecule has 3 aromatic rings. The second-order valence-corrected chi connectivity index (χ2v) is 9.14. The standard InChI is InChI=1S/C22H25FN2O4S/c1-16(2)29-13-5-12-24-22(26)15-25-14-21(19-6-3-4-7-20(19)25)30(27,28)18-10-8-17(23)9-11-18/h3-4,6-11,14,16H,5,12-13,15H2,1-2H3,(H,24,26). The van der Waals surface area contributed by atoms with E-state index in [2.05, 4.69) is 5.32 Å². The van der Waals surface area contributed by atoms with Crippen molar-refractivity contribution in [3.8, 4) is 0 Å². The summed E-state index contributed by atoms with van der Waals surface area (Å²) in [5.74, 6) is -0.724. The van der Waals surface area contributed by atoms with Crippen LogP contribution in [0.15, 0.2) is 64.5 Å². The van der Waals surface area contributed by atoms with E-state index < -0.39 is 15.7 Å². The van der Waals surface area contributed by atoms with Crippen molar-refractivity contribution in [2.45, 2.75) is 42.7 Å². The van der Waals surface area contributed by atoms with Gasteiger partial charge in [-0.15, -0.1) is 0 Å². The van der Waals surface area contributed by atoms with E-state index in [0.29, 0.717) is 30.5 Å². The monoisotopic (exact) mass is 432 g/mol. The minimum absolute atomic E-state index is 0.00130. The molecular formula is C22H25FN2O4S. The maximum Gasteiger partial charge on any atom is 0.239 e. The van der Waals surface area contributed by atoms with E-state index in [1.54, 1.807) is 28.8 Å². The summed E-state index contributed by atoms with van der Waals surface area (Å²) in [7, 11) is -3.87. The van der Waals surface area contributed by atoms with Gasteiger partial charge in [-0.2, -0.15) is 0 Å². The molecule has 0 saturated heterocycles. The van der Waals surface area contributed by atoms with Crippen molar-refractivity contribution in [3.05, 3.63) is 60.5 Å². The Morgan fingerprint density at radius 3 is 2.53 bits per heavy atom. The third-order valence-corrected chi connectivity index (χ3v) is 6.37. The lowest BCUT2D eigenvalue weighted by molar-refractivity contribution is -0.121. The van der Waals surface area contributed by atoms with Crippen molar-refractivity contribution in [3.63, 3.8) is 0 Å². The molecule has 1 amide bonds. The zero-order valence-corrected chi connectivity index (χ0v) is 17.8. The zero-order chi connectivity index (χ0) is 21.7. The van der Waals surface area contributed by atoms with Crippen LogP contribution in [0.1, 0.15) is 20.3 Å². The Morgan fingerprint density at radius 1 is 1.13 bits per heavy atom. The fourth-order valence-electron chi connectivity index (χ4n) is 3.13. The molecular weight excluding hydrogens is 407 g/mol. The molecule has 160 valence electrons. The highest BCUT2D eigenvalue weighted by Crippen LogP contribution is 2.30. The second kappa shape index (κ2) is 9.40. The molecule has 30 heavy (non-hydrogen) atoms. The minimum Gasteiger partial charge on any atom is -0.379 e. The summed E-state index contributed by atoms with van der Waals surface area (Å²) in [6, 6.07) is 11.7. The number of aromatic nitrogens is 1. The number of ether oxygens (including phenoxy) is 1. The number of nitrogens with zero attached hydrogens (tertiary/aromatic N) is 1. The molecule has 0 aliphatic heterocycles. The molecule has 0 bridgehead atoms. The molecule has 2 aromatic carbocycles. The topological polar surface area (TPSA) is 77.4 Å². The lowest BCUT2D eigenvalue weighted by Gasteiger charge is -2.09. The fourth-order valence-corrected chi connectivity index (χ4v) is 4.60. The molecule has 0 aliphatic carbocycles. The van der Waals surface area contributed by atoms with Crippen LogP contribution in [0.3, 0.4) is 0 Å². The smallest absolute Gasteiger partial charge is 0.239 e. The van der Waals surface area contributed by atoms with Crippen LogP contribution in [-0.4, -0.2) is 38.1 Å². The summed E-state index contributed by atoms with van der Waals surface area (Å²) in [5.41, 5.74) is 0.636. The fraction of sp³-hybridized carbons (Fsp3) is 0.318. The Labute approximate surface area is 175 Å². The zero-order valence-electron chi connectivity index (χ0n) is 17.0. The van der Waals surface area contributed by atoms with Gasteiger partial charge in [0.25, 0.3) is 0 Å². The molecule has 0 spiro atoms.